The van der Waals surface area contributed by atoms with E-state index in [9.17, 15) is 14.7 Å². The van der Waals surface area contributed by atoms with E-state index in [0.717, 1.165) is 22.3 Å². The molecule has 1 atom stereocenters. The fourth-order valence-corrected chi connectivity index (χ4v) is 3.44. The Morgan fingerprint density at radius 3 is 2.32 bits per heavy atom. The molecule has 1 aliphatic rings. The number of aliphatic carboxylic acids is 1. The number of benzene rings is 2. The predicted molar refractivity (Wildman–Crippen MR) is 97.5 cm³/mol. The van der Waals surface area contributed by atoms with Crippen LogP contribution >= 0.6 is 0 Å². The Balaban J connectivity index is 1.44. The predicted octanol–water partition coefficient (Wildman–Crippen LogP) is 1.73. The SMILES string of the molecule is O=C(N[C@@H](Cc1nnn[nH]1)C(=O)O)OCC1c2ccccc2-c2ccccc21. The molecular formula is C19H17N5O4. The van der Waals surface area contributed by atoms with Gasteiger partial charge in [-0.3, -0.25) is 0 Å². The summed E-state index contributed by atoms with van der Waals surface area (Å²) in [5.74, 6) is -1.05. The van der Waals surface area contributed by atoms with Crippen molar-refractivity contribution in [3.05, 3.63) is 65.5 Å². The molecule has 2 aromatic carbocycles. The third-order valence-corrected chi connectivity index (χ3v) is 4.72. The summed E-state index contributed by atoms with van der Waals surface area (Å²) in [5.41, 5.74) is 4.40. The van der Waals surface area contributed by atoms with E-state index < -0.39 is 18.1 Å². The van der Waals surface area contributed by atoms with Gasteiger partial charge in [0.1, 0.15) is 12.6 Å². The minimum absolute atomic E-state index is 0.0769. The molecular weight excluding hydrogens is 362 g/mol. The topological polar surface area (TPSA) is 130 Å². The molecule has 3 N–H and O–H groups in total. The first-order valence-corrected chi connectivity index (χ1v) is 8.70. The number of hydrogen-bond donors (Lipinski definition) is 3. The van der Waals surface area contributed by atoms with Crippen molar-refractivity contribution >= 4 is 12.1 Å². The number of carbonyl (C=O) groups excluding carboxylic acids is 1. The quantitative estimate of drug-likeness (QED) is 0.594. The van der Waals surface area contributed by atoms with Gasteiger partial charge in [-0.2, -0.15) is 0 Å². The van der Waals surface area contributed by atoms with E-state index in [1.165, 1.54) is 0 Å². The smallest absolute Gasteiger partial charge is 0.407 e. The van der Waals surface area contributed by atoms with E-state index >= 15 is 0 Å². The van der Waals surface area contributed by atoms with Crippen molar-refractivity contribution < 1.29 is 19.4 Å². The van der Waals surface area contributed by atoms with Crippen LogP contribution in [0.2, 0.25) is 0 Å². The second kappa shape index (κ2) is 7.47. The molecule has 4 rings (SSSR count). The highest BCUT2D eigenvalue weighted by atomic mass is 16.5. The van der Waals surface area contributed by atoms with Gasteiger partial charge in [0.25, 0.3) is 0 Å². The summed E-state index contributed by atoms with van der Waals surface area (Å²) in [4.78, 5) is 23.6. The number of alkyl carbamates (subject to hydrolysis) is 1. The number of tetrazole rings is 1. The van der Waals surface area contributed by atoms with Crippen LogP contribution in [0.4, 0.5) is 4.79 Å². The van der Waals surface area contributed by atoms with E-state index in [-0.39, 0.29) is 24.8 Å². The highest BCUT2D eigenvalue weighted by Gasteiger charge is 2.30. The molecule has 0 fully saturated rings. The number of rotatable bonds is 6. The average Bonchev–Trinajstić information content (AvgIpc) is 3.32. The minimum atomic E-state index is -1.20. The van der Waals surface area contributed by atoms with Crippen molar-refractivity contribution in [2.75, 3.05) is 6.61 Å². The average molecular weight is 379 g/mol. The lowest BCUT2D eigenvalue weighted by atomic mass is 9.98. The third kappa shape index (κ3) is 3.41. The summed E-state index contributed by atoms with van der Waals surface area (Å²) in [7, 11) is 0. The number of aromatic nitrogens is 4. The number of carboxylic acids is 1. The first-order valence-electron chi connectivity index (χ1n) is 8.70. The van der Waals surface area contributed by atoms with E-state index in [1.807, 2.05) is 48.5 Å². The van der Waals surface area contributed by atoms with Crippen LogP contribution in [0, 0.1) is 0 Å². The number of carbonyl (C=O) groups is 2. The fourth-order valence-electron chi connectivity index (χ4n) is 3.44. The summed E-state index contributed by atoms with van der Waals surface area (Å²) in [5, 5.41) is 24.5. The van der Waals surface area contributed by atoms with Crippen molar-refractivity contribution in [3.8, 4) is 11.1 Å². The maximum atomic E-state index is 12.2. The van der Waals surface area contributed by atoms with Crippen LogP contribution in [-0.2, 0) is 16.0 Å². The second-order valence-corrected chi connectivity index (χ2v) is 6.41. The first kappa shape index (κ1) is 17.7. The van der Waals surface area contributed by atoms with Gasteiger partial charge in [0.05, 0.1) is 0 Å². The number of carboxylic acid groups (broad SMARTS) is 1. The molecule has 1 heterocycles. The normalized spacial score (nSPS) is 13.4. The fraction of sp³-hybridized carbons (Fsp3) is 0.211. The number of nitrogens with zero attached hydrogens (tertiary/aromatic N) is 3. The van der Waals surface area contributed by atoms with Crippen LogP contribution in [0.5, 0.6) is 0 Å². The van der Waals surface area contributed by atoms with Crippen molar-refractivity contribution in [1.82, 2.24) is 25.9 Å². The van der Waals surface area contributed by atoms with Gasteiger partial charge < -0.3 is 15.2 Å². The van der Waals surface area contributed by atoms with Gasteiger partial charge in [0.15, 0.2) is 5.82 Å². The van der Waals surface area contributed by atoms with E-state index in [2.05, 4.69) is 25.9 Å². The molecule has 0 spiro atoms. The molecule has 0 saturated heterocycles. The van der Waals surface area contributed by atoms with Crippen molar-refractivity contribution in [1.29, 1.82) is 0 Å². The molecule has 1 amide bonds. The third-order valence-electron chi connectivity index (χ3n) is 4.72. The zero-order chi connectivity index (χ0) is 19.5. The lowest BCUT2D eigenvalue weighted by Crippen LogP contribution is -2.43. The monoisotopic (exact) mass is 379 g/mol. The molecule has 28 heavy (non-hydrogen) atoms. The number of amides is 1. The second-order valence-electron chi connectivity index (χ2n) is 6.41. The molecule has 142 valence electrons. The van der Waals surface area contributed by atoms with Crippen molar-refractivity contribution in [3.63, 3.8) is 0 Å². The van der Waals surface area contributed by atoms with E-state index in [4.69, 9.17) is 4.74 Å². The lowest BCUT2D eigenvalue weighted by molar-refractivity contribution is -0.139. The summed E-state index contributed by atoms with van der Waals surface area (Å²) in [6.07, 6.45) is -0.881. The molecule has 1 aromatic heterocycles. The van der Waals surface area contributed by atoms with Gasteiger partial charge in [-0.25, -0.2) is 14.7 Å². The largest absolute Gasteiger partial charge is 0.480 e. The highest BCUT2D eigenvalue weighted by Crippen LogP contribution is 2.44. The molecule has 0 bridgehead atoms. The van der Waals surface area contributed by atoms with Crippen LogP contribution < -0.4 is 5.32 Å². The van der Waals surface area contributed by atoms with Crippen LogP contribution in [0.1, 0.15) is 22.9 Å². The molecule has 1 aliphatic carbocycles. The van der Waals surface area contributed by atoms with Gasteiger partial charge in [-0.15, -0.1) is 5.10 Å². The summed E-state index contributed by atoms with van der Waals surface area (Å²) >= 11 is 0. The van der Waals surface area contributed by atoms with Gasteiger partial charge in [0.2, 0.25) is 0 Å². The summed E-state index contributed by atoms with van der Waals surface area (Å²) < 4.78 is 5.36. The zero-order valence-corrected chi connectivity index (χ0v) is 14.7. The van der Waals surface area contributed by atoms with Crippen LogP contribution in [-0.4, -0.2) is 50.4 Å². The van der Waals surface area contributed by atoms with Crippen LogP contribution in [0.3, 0.4) is 0 Å². The number of aromatic amines is 1. The Morgan fingerprint density at radius 2 is 1.75 bits per heavy atom. The Hall–Kier alpha value is -3.75. The van der Waals surface area contributed by atoms with E-state index in [1.54, 1.807) is 0 Å². The van der Waals surface area contributed by atoms with Gasteiger partial charge >= 0.3 is 12.1 Å². The number of ether oxygens (including phenoxy) is 1. The maximum Gasteiger partial charge on any atom is 0.407 e. The highest BCUT2D eigenvalue weighted by molar-refractivity contribution is 5.81. The lowest BCUT2D eigenvalue weighted by Gasteiger charge is -2.16. The summed E-state index contributed by atoms with van der Waals surface area (Å²) in [6.45, 7) is 0.107. The molecule has 0 saturated carbocycles. The molecule has 0 aliphatic heterocycles. The van der Waals surface area contributed by atoms with Crippen molar-refractivity contribution in [2.24, 2.45) is 0 Å². The number of nitrogens with one attached hydrogen (secondary N) is 2. The zero-order valence-electron chi connectivity index (χ0n) is 14.7. The number of hydrogen-bond acceptors (Lipinski definition) is 6. The number of fused-ring (bicyclic) bond motifs is 3. The van der Waals surface area contributed by atoms with Crippen LogP contribution in [0.25, 0.3) is 11.1 Å². The molecule has 9 nitrogen and oxygen atoms in total. The molecule has 0 unspecified atom stereocenters. The Labute approximate surface area is 159 Å². The Morgan fingerprint density at radius 1 is 1.11 bits per heavy atom. The van der Waals surface area contributed by atoms with Gasteiger partial charge in [-0.1, -0.05) is 48.5 Å². The molecule has 0 radical (unpaired) electrons. The number of H-pyrrole nitrogens is 1. The minimum Gasteiger partial charge on any atom is -0.480 e. The van der Waals surface area contributed by atoms with Gasteiger partial charge in [-0.05, 0) is 32.7 Å². The van der Waals surface area contributed by atoms with E-state index in [0.29, 0.717) is 0 Å². The molecule has 9 heteroatoms. The maximum absolute atomic E-state index is 12.2. The van der Waals surface area contributed by atoms with Gasteiger partial charge in [0, 0.05) is 12.3 Å². The molecule has 3 aromatic rings. The van der Waals surface area contributed by atoms with Crippen LogP contribution in [0.15, 0.2) is 48.5 Å². The summed E-state index contributed by atoms with van der Waals surface area (Å²) in [6, 6.07) is 14.7. The standard InChI is InChI=1S/C19H17N5O4/c25-18(26)16(9-17-21-23-24-22-17)20-19(27)28-10-15-13-7-3-1-5-11(13)12-6-2-4-8-14(12)15/h1-8,15-16H,9-10H2,(H,20,27)(H,25,26)(H,21,22,23,24)/t16-/m0/s1. The first-order chi connectivity index (χ1) is 13.6. The van der Waals surface area contributed by atoms with Crippen molar-refractivity contribution in [2.45, 2.75) is 18.4 Å². The Bertz CT molecular complexity index is 960. The Kier molecular flexibility index (Phi) is 4.71.